The number of phenolic OH excluding ortho intramolecular Hbond substituents is 1. The Bertz CT molecular complexity index is 1100. The first-order chi connectivity index (χ1) is 15.6. The molecule has 0 saturated carbocycles. The second-order valence-electron chi connectivity index (χ2n) is 8.44. The first kappa shape index (κ1) is 20.7. The molecule has 0 bridgehead atoms. The molecule has 8 nitrogen and oxygen atoms in total. The zero-order valence-corrected chi connectivity index (χ0v) is 18.2. The molecule has 1 atom stereocenters. The summed E-state index contributed by atoms with van der Waals surface area (Å²) in [5, 5.41) is 20.3. The summed E-state index contributed by atoms with van der Waals surface area (Å²) in [5.74, 6) is 1.89. The molecule has 1 fully saturated rings. The molecule has 32 heavy (non-hydrogen) atoms. The van der Waals surface area contributed by atoms with E-state index in [0.717, 1.165) is 43.7 Å². The Morgan fingerprint density at radius 2 is 1.69 bits per heavy atom. The highest BCUT2D eigenvalue weighted by atomic mass is 16.3. The Labute approximate surface area is 187 Å². The summed E-state index contributed by atoms with van der Waals surface area (Å²) in [6, 6.07) is 15.0. The van der Waals surface area contributed by atoms with Crippen LogP contribution in [0.4, 0.5) is 11.9 Å². The third kappa shape index (κ3) is 3.99. The van der Waals surface area contributed by atoms with Crippen LogP contribution in [-0.4, -0.2) is 76.4 Å². The van der Waals surface area contributed by atoms with Crippen LogP contribution in [0.1, 0.15) is 17.2 Å². The summed E-state index contributed by atoms with van der Waals surface area (Å²) in [7, 11) is 2.12. The molecule has 2 aliphatic rings. The van der Waals surface area contributed by atoms with Crippen LogP contribution in [0.5, 0.6) is 5.75 Å². The average molecular weight is 433 g/mol. The van der Waals surface area contributed by atoms with Crippen LogP contribution in [0.25, 0.3) is 11.4 Å². The Morgan fingerprint density at radius 1 is 0.906 bits per heavy atom. The number of phenols is 1. The third-order valence-electron chi connectivity index (χ3n) is 6.34. The van der Waals surface area contributed by atoms with Crippen molar-refractivity contribution in [3.05, 3.63) is 59.7 Å². The average Bonchev–Trinajstić information content (AvgIpc) is 2.83. The van der Waals surface area contributed by atoms with Crippen molar-refractivity contribution in [3.63, 3.8) is 0 Å². The fraction of sp³-hybridized carbons (Fsp3) is 0.375. The maximum Gasteiger partial charge on any atom is 0.231 e. The minimum Gasteiger partial charge on any atom is -0.508 e. The molecule has 8 heteroatoms. The Balaban J connectivity index is 1.58. The fourth-order valence-electron chi connectivity index (χ4n) is 4.49. The lowest BCUT2D eigenvalue weighted by Crippen LogP contribution is -2.45. The quantitative estimate of drug-likeness (QED) is 0.648. The summed E-state index contributed by atoms with van der Waals surface area (Å²) in [5.41, 5.74) is 3.10. The van der Waals surface area contributed by atoms with Crippen LogP contribution < -0.4 is 9.80 Å². The van der Waals surface area contributed by atoms with Gasteiger partial charge in [0.15, 0.2) is 5.82 Å². The number of aliphatic hydroxyl groups is 1. The summed E-state index contributed by atoms with van der Waals surface area (Å²) >= 11 is 0. The number of hydrogen-bond acceptors (Lipinski definition) is 8. The molecule has 0 aliphatic carbocycles. The number of anilines is 2. The predicted molar refractivity (Wildman–Crippen MR) is 124 cm³/mol. The number of piperazine rings is 1. The Morgan fingerprint density at radius 3 is 2.47 bits per heavy atom. The normalized spacial score (nSPS) is 19.1. The Hall–Kier alpha value is -3.23. The van der Waals surface area contributed by atoms with E-state index >= 15 is 0 Å². The van der Waals surface area contributed by atoms with Gasteiger partial charge in [-0.2, -0.15) is 15.0 Å². The van der Waals surface area contributed by atoms with E-state index in [-0.39, 0.29) is 18.4 Å². The first-order valence-corrected chi connectivity index (χ1v) is 11.1. The summed E-state index contributed by atoms with van der Waals surface area (Å²) in [4.78, 5) is 21.0. The SMILES string of the molecule is CN1CCN(c2nc(-c3cccc(O)c3)nc(N3CCc4ccccc4[C@@H]3CO)n2)CC1. The van der Waals surface area contributed by atoms with Gasteiger partial charge in [-0.05, 0) is 36.7 Å². The van der Waals surface area contributed by atoms with Crippen LogP contribution in [0, 0.1) is 0 Å². The molecule has 1 saturated heterocycles. The maximum atomic E-state index is 10.3. The first-order valence-electron chi connectivity index (χ1n) is 11.1. The highest BCUT2D eigenvalue weighted by molar-refractivity contribution is 5.61. The van der Waals surface area contributed by atoms with Gasteiger partial charge in [0.05, 0.1) is 12.6 Å². The lowest BCUT2D eigenvalue weighted by atomic mass is 9.93. The van der Waals surface area contributed by atoms with Gasteiger partial charge in [0.1, 0.15) is 5.75 Å². The molecule has 3 aromatic rings. The molecule has 5 rings (SSSR count). The summed E-state index contributed by atoms with van der Waals surface area (Å²) < 4.78 is 0. The fourth-order valence-corrected chi connectivity index (χ4v) is 4.49. The van der Waals surface area contributed by atoms with Gasteiger partial charge in [-0.15, -0.1) is 0 Å². The predicted octanol–water partition coefficient (Wildman–Crippen LogP) is 2.09. The van der Waals surface area contributed by atoms with E-state index in [1.54, 1.807) is 18.2 Å². The largest absolute Gasteiger partial charge is 0.508 e. The summed E-state index contributed by atoms with van der Waals surface area (Å²) in [6.07, 6.45) is 0.865. The van der Waals surface area contributed by atoms with Gasteiger partial charge in [0.25, 0.3) is 0 Å². The van der Waals surface area contributed by atoms with Crippen LogP contribution >= 0.6 is 0 Å². The minimum atomic E-state index is -0.209. The zero-order chi connectivity index (χ0) is 22.1. The van der Waals surface area contributed by atoms with Gasteiger partial charge >= 0.3 is 0 Å². The highest BCUT2D eigenvalue weighted by Crippen LogP contribution is 2.33. The van der Waals surface area contributed by atoms with E-state index in [1.165, 1.54) is 5.56 Å². The maximum absolute atomic E-state index is 10.3. The molecule has 2 N–H and O–H groups in total. The molecular formula is C24H28N6O2. The van der Waals surface area contributed by atoms with Crippen molar-refractivity contribution in [1.82, 2.24) is 19.9 Å². The number of aromatic hydroxyl groups is 1. The number of benzene rings is 2. The number of likely N-dealkylation sites (N-methyl/N-ethyl adjacent to an activating group) is 1. The molecule has 2 aromatic carbocycles. The van der Waals surface area contributed by atoms with Crippen molar-refractivity contribution >= 4 is 11.9 Å². The van der Waals surface area contributed by atoms with Crippen molar-refractivity contribution in [2.24, 2.45) is 0 Å². The van der Waals surface area contributed by atoms with Gasteiger partial charge < -0.3 is 24.9 Å². The lowest BCUT2D eigenvalue weighted by Gasteiger charge is -2.37. The van der Waals surface area contributed by atoms with Gasteiger partial charge in [-0.3, -0.25) is 0 Å². The van der Waals surface area contributed by atoms with Crippen LogP contribution in [0.2, 0.25) is 0 Å². The number of rotatable bonds is 4. The second-order valence-corrected chi connectivity index (χ2v) is 8.44. The van der Waals surface area contributed by atoms with Gasteiger partial charge in [0.2, 0.25) is 11.9 Å². The van der Waals surface area contributed by atoms with E-state index < -0.39 is 0 Å². The molecule has 0 radical (unpaired) electrons. The number of fused-ring (bicyclic) bond motifs is 1. The standard InChI is InChI=1S/C24H28N6O2/c1-28-11-13-29(14-12-28)23-25-22(18-6-4-7-19(32)15-18)26-24(27-23)30-10-9-17-5-2-3-8-20(17)21(30)16-31/h2-8,15,21,31-32H,9-14,16H2,1H3/t21-/m0/s1. The smallest absolute Gasteiger partial charge is 0.231 e. The lowest BCUT2D eigenvalue weighted by molar-refractivity contribution is 0.256. The Kier molecular flexibility index (Phi) is 5.63. The molecule has 2 aliphatic heterocycles. The number of aromatic nitrogens is 3. The van der Waals surface area contributed by atoms with Crippen LogP contribution in [0.15, 0.2) is 48.5 Å². The molecular weight excluding hydrogens is 404 g/mol. The van der Waals surface area contributed by atoms with Crippen LogP contribution in [-0.2, 0) is 6.42 Å². The zero-order valence-electron chi connectivity index (χ0n) is 18.2. The molecule has 1 aromatic heterocycles. The number of hydrogen-bond donors (Lipinski definition) is 2. The van der Waals surface area contributed by atoms with Crippen molar-refractivity contribution in [3.8, 4) is 17.1 Å². The number of aliphatic hydroxyl groups excluding tert-OH is 1. The van der Waals surface area contributed by atoms with Crippen molar-refractivity contribution in [2.75, 3.05) is 56.2 Å². The van der Waals surface area contributed by atoms with E-state index in [9.17, 15) is 10.2 Å². The molecule has 166 valence electrons. The van der Waals surface area contributed by atoms with Gasteiger partial charge in [-0.25, -0.2) is 0 Å². The highest BCUT2D eigenvalue weighted by Gasteiger charge is 2.30. The van der Waals surface area contributed by atoms with Crippen LogP contribution in [0.3, 0.4) is 0 Å². The third-order valence-corrected chi connectivity index (χ3v) is 6.34. The molecule has 0 unspecified atom stereocenters. The number of nitrogens with zero attached hydrogens (tertiary/aromatic N) is 6. The monoisotopic (exact) mass is 432 g/mol. The summed E-state index contributed by atoms with van der Waals surface area (Å²) in [6.45, 7) is 4.26. The van der Waals surface area contributed by atoms with Crippen molar-refractivity contribution in [1.29, 1.82) is 0 Å². The van der Waals surface area contributed by atoms with Gasteiger partial charge in [0, 0.05) is 38.3 Å². The minimum absolute atomic E-state index is 0.0198. The topological polar surface area (TPSA) is 88.9 Å². The molecule has 0 amide bonds. The van der Waals surface area contributed by atoms with E-state index in [1.807, 2.05) is 18.2 Å². The van der Waals surface area contributed by atoms with Crippen molar-refractivity contribution < 1.29 is 10.2 Å². The molecule has 0 spiro atoms. The van der Waals surface area contributed by atoms with E-state index in [4.69, 9.17) is 15.0 Å². The second kappa shape index (κ2) is 8.72. The van der Waals surface area contributed by atoms with Gasteiger partial charge in [-0.1, -0.05) is 36.4 Å². The van der Waals surface area contributed by atoms with E-state index in [2.05, 4.69) is 33.9 Å². The van der Waals surface area contributed by atoms with E-state index in [0.29, 0.717) is 24.3 Å². The molecule has 3 heterocycles. The van der Waals surface area contributed by atoms with Crippen molar-refractivity contribution in [2.45, 2.75) is 12.5 Å².